The second-order valence-corrected chi connectivity index (χ2v) is 6.37. The van der Waals surface area contributed by atoms with Crippen LogP contribution in [0.1, 0.15) is 23.0 Å². The van der Waals surface area contributed by atoms with Gasteiger partial charge in [0.25, 0.3) is 0 Å². The van der Waals surface area contributed by atoms with Gasteiger partial charge in [0.05, 0.1) is 21.8 Å². The number of hydrogen-bond donors (Lipinski definition) is 1. The minimum atomic E-state index is -0.0661. The van der Waals surface area contributed by atoms with Crippen molar-refractivity contribution in [2.45, 2.75) is 13.3 Å². The van der Waals surface area contributed by atoms with Crippen molar-refractivity contribution in [2.24, 2.45) is 0 Å². The van der Waals surface area contributed by atoms with E-state index in [9.17, 15) is 9.59 Å². The van der Waals surface area contributed by atoms with Crippen molar-refractivity contribution in [1.82, 2.24) is 10.2 Å². The van der Waals surface area contributed by atoms with E-state index < -0.39 is 0 Å². The number of nitrogens with one attached hydrogen (secondary N) is 1. The largest absolute Gasteiger partial charge is 0.358 e. The molecule has 0 aliphatic rings. The van der Waals surface area contributed by atoms with Crippen molar-refractivity contribution in [3.05, 3.63) is 20.8 Å². The topological polar surface area (TPSA) is 49.4 Å². The van der Waals surface area contributed by atoms with E-state index in [1.165, 1.54) is 11.3 Å². The summed E-state index contributed by atoms with van der Waals surface area (Å²) < 4.78 is 0.944. The van der Waals surface area contributed by atoms with Gasteiger partial charge in [-0.25, -0.2) is 0 Å². The Morgan fingerprint density at radius 1 is 1.39 bits per heavy atom. The zero-order valence-corrected chi connectivity index (χ0v) is 12.9. The average molecular weight is 333 g/mol. The van der Waals surface area contributed by atoms with Crippen LogP contribution < -0.4 is 5.32 Å². The highest BCUT2D eigenvalue weighted by molar-refractivity contribution is 9.11. The molecule has 0 atom stereocenters. The molecular formula is C12H17BrN2O2S. The zero-order valence-electron chi connectivity index (χ0n) is 10.5. The van der Waals surface area contributed by atoms with E-state index in [-0.39, 0.29) is 24.8 Å². The van der Waals surface area contributed by atoms with Gasteiger partial charge in [-0.15, -0.1) is 11.3 Å². The number of nitrogens with zero attached hydrogens (tertiary/aromatic N) is 1. The molecule has 18 heavy (non-hydrogen) atoms. The van der Waals surface area contributed by atoms with Crippen molar-refractivity contribution in [2.75, 3.05) is 26.7 Å². The molecule has 6 heteroatoms. The predicted molar refractivity (Wildman–Crippen MR) is 77.1 cm³/mol. The second kappa shape index (κ2) is 7.66. The summed E-state index contributed by atoms with van der Waals surface area (Å²) in [7, 11) is 1.60. The van der Waals surface area contributed by atoms with Crippen molar-refractivity contribution < 1.29 is 9.59 Å². The fraction of sp³-hybridized carbons (Fsp3) is 0.500. The summed E-state index contributed by atoms with van der Waals surface area (Å²) in [4.78, 5) is 26.0. The molecule has 0 saturated heterocycles. The van der Waals surface area contributed by atoms with Crippen LogP contribution in [-0.4, -0.2) is 43.3 Å². The fourth-order valence-electron chi connectivity index (χ4n) is 1.56. The Bertz CT molecular complexity index is 420. The number of carbonyl (C=O) groups is 2. The van der Waals surface area contributed by atoms with Gasteiger partial charge in [-0.05, 0) is 41.0 Å². The maximum atomic E-state index is 12.0. The Kier molecular flexibility index (Phi) is 6.52. The van der Waals surface area contributed by atoms with Crippen LogP contribution in [0.4, 0.5) is 0 Å². The highest BCUT2D eigenvalue weighted by Crippen LogP contribution is 2.22. The molecule has 0 aliphatic carbocycles. The lowest BCUT2D eigenvalue weighted by Gasteiger charge is -2.19. The molecule has 0 aliphatic heterocycles. The van der Waals surface area contributed by atoms with Crippen LogP contribution in [0.15, 0.2) is 15.9 Å². The molecule has 1 aromatic heterocycles. The van der Waals surface area contributed by atoms with Crippen molar-refractivity contribution in [3.8, 4) is 0 Å². The fourth-order valence-corrected chi connectivity index (χ4v) is 2.87. The molecule has 0 bridgehead atoms. The van der Waals surface area contributed by atoms with E-state index in [4.69, 9.17) is 0 Å². The highest BCUT2D eigenvalue weighted by Gasteiger charge is 2.15. The van der Waals surface area contributed by atoms with Crippen molar-refractivity contribution in [3.63, 3.8) is 0 Å². The number of ketones is 1. The first-order valence-corrected chi connectivity index (χ1v) is 7.39. The van der Waals surface area contributed by atoms with E-state index in [2.05, 4.69) is 21.2 Å². The number of thiophene rings is 1. The van der Waals surface area contributed by atoms with Gasteiger partial charge in [0, 0.05) is 7.05 Å². The number of hydrogen-bond acceptors (Lipinski definition) is 4. The number of halogens is 1. The Morgan fingerprint density at radius 3 is 2.61 bits per heavy atom. The van der Waals surface area contributed by atoms with Gasteiger partial charge in [-0.1, -0.05) is 6.92 Å². The average Bonchev–Trinajstić information content (AvgIpc) is 2.76. The summed E-state index contributed by atoms with van der Waals surface area (Å²) in [6.07, 6.45) is 0.915. The molecule has 0 saturated carbocycles. The van der Waals surface area contributed by atoms with E-state index in [1.807, 2.05) is 17.9 Å². The van der Waals surface area contributed by atoms with Crippen LogP contribution >= 0.6 is 27.3 Å². The predicted octanol–water partition coefficient (Wildman–Crippen LogP) is 2.15. The smallest absolute Gasteiger partial charge is 0.233 e. The first-order chi connectivity index (χ1) is 8.56. The minimum absolute atomic E-state index is 0.0584. The normalized spacial score (nSPS) is 10.7. The summed E-state index contributed by atoms with van der Waals surface area (Å²) in [5.74, 6) is -0.00772. The number of likely N-dealkylation sites (N-methyl/N-ethyl adjacent to an activating group) is 1. The van der Waals surface area contributed by atoms with E-state index in [0.717, 1.165) is 21.6 Å². The van der Waals surface area contributed by atoms with Crippen LogP contribution in [0.3, 0.4) is 0 Å². The number of amides is 1. The molecule has 1 amide bonds. The first-order valence-electron chi connectivity index (χ1n) is 5.78. The summed E-state index contributed by atoms with van der Waals surface area (Å²) >= 11 is 4.76. The maximum Gasteiger partial charge on any atom is 0.233 e. The van der Waals surface area contributed by atoms with Crippen LogP contribution in [0.5, 0.6) is 0 Å². The summed E-state index contributed by atoms with van der Waals surface area (Å²) in [6, 6.07) is 3.67. The Labute approximate surface area is 119 Å². The third-order valence-electron chi connectivity index (χ3n) is 2.40. The van der Waals surface area contributed by atoms with Crippen LogP contribution in [0, 0.1) is 0 Å². The number of rotatable bonds is 7. The molecule has 0 aromatic carbocycles. The molecular weight excluding hydrogens is 316 g/mol. The standard InChI is InChI=1S/C12H17BrN2O2S/c1-3-6-15(8-12(17)14-2)7-9(16)10-4-5-11(13)18-10/h4-5H,3,6-8H2,1-2H3,(H,14,17). The van der Waals surface area contributed by atoms with Crippen LogP contribution in [0.25, 0.3) is 0 Å². The maximum absolute atomic E-state index is 12.0. The molecule has 100 valence electrons. The third kappa shape index (κ3) is 4.88. The molecule has 0 unspecified atom stereocenters. The van der Waals surface area contributed by atoms with Crippen molar-refractivity contribution in [1.29, 1.82) is 0 Å². The van der Waals surface area contributed by atoms with Gasteiger partial charge < -0.3 is 5.32 Å². The summed E-state index contributed by atoms with van der Waals surface area (Å²) in [6.45, 7) is 3.33. The highest BCUT2D eigenvalue weighted by atomic mass is 79.9. The number of Topliss-reactive ketones (excluding diaryl/α,β-unsaturated/α-hetero) is 1. The lowest BCUT2D eigenvalue weighted by molar-refractivity contribution is -0.121. The molecule has 1 aromatic rings. The molecule has 0 spiro atoms. The molecule has 0 radical (unpaired) electrons. The minimum Gasteiger partial charge on any atom is -0.358 e. The SMILES string of the molecule is CCCN(CC(=O)NC)CC(=O)c1ccc(Br)s1. The number of carbonyl (C=O) groups excluding carboxylic acids is 2. The van der Waals surface area contributed by atoms with Gasteiger partial charge in [-0.2, -0.15) is 0 Å². The Hall–Kier alpha value is -0.720. The van der Waals surface area contributed by atoms with E-state index >= 15 is 0 Å². The van der Waals surface area contributed by atoms with Gasteiger partial charge in [-0.3, -0.25) is 14.5 Å². The lowest BCUT2D eigenvalue weighted by atomic mass is 10.3. The van der Waals surface area contributed by atoms with Gasteiger partial charge >= 0.3 is 0 Å². The molecule has 1 heterocycles. The summed E-state index contributed by atoms with van der Waals surface area (Å²) in [5.41, 5.74) is 0. The molecule has 0 fully saturated rings. The zero-order chi connectivity index (χ0) is 13.5. The molecule has 1 rings (SSSR count). The quantitative estimate of drug-likeness (QED) is 0.778. The van der Waals surface area contributed by atoms with Crippen LogP contribution in [-0.2, 0) is 4.79 Å². The molecule has 4 nitrogen and oxygen atoms in total. The van der Waals surface area contributed by atoms with E-state index in [1.54, 1.807) is 13.1 Å². The van der Waals surface area contributed by atoms with Gasteiger partial charge in [0.15, 0.2) is 5.78 Å². The molecule has 1 N–H and O–H groups in total. The Morgan fingerprint density at radius 2 is 2.11 bits per heavy atom. The summed E-state index contributed by atoms with van der Waals surface area (Å²) in [5, 5.41) is 2.57. The monoisotopic (exact) mass is 332 g/mol. The van der Waals surface area contributed by atoms with Crippen LogP contribution in [0.2, 0.25) is 0 Å². The van der Waals surface area contributed by atoms with Gasteiger partial charge in [0.1, 0.15) is 0 Å². The third-order valence-corrected chi connectivity index (χ3v) is 4.07. The second-order valence-electron chi connectivity index (χ2n) is 3.91. The van der Waals surface area contributed by atoms with Gasteiger partial charge in [0.2, 0.25) is 5.91 Å². The first kappa shape index (κ1) is 15.3. The van der Waals surface area contributed by atoms with E-state index in [0.29, 0.717) is 0 Å². The Balaban J connectivity index is 2.60. The lowest BCUT2D eigenvalue weighted by Crippen LogP contribution is -2.38. The van der Waals surface area contributed by atoms with Crippen molar-refractivity contribution >= 4 is 39.0 Å².